The van der Waals surface area contributed by atoms with Crippen LogP contribution in [0, 0.1) is 43.3 Å². The van der Waals surface area contributed by atoms with Gasteiger partial charge in [-0.15, -0.1) is 0 Å². The standard InChI is InChI=1S/C69H126N36O14S/c1-3-50(107)87-32-33-119-35-51(108)96-48(34-38-20-22-39(23-21-38)37(2)106)61(118)104-46(18-10-30-94-68(83)84)59(116)102-44(16-8-28-92-66(79)80)57(114)100-42(14-6-26-90-64(75)76)55(112)98-40(12-4-24-88-62(71)72)53(110)97-41(13-5-25-89-63(73)74)54(111)99-43(15-7-27-91-65(77)78)56(113)101-45(17-9-29-93-67(81)82)58(115)103-47(19-11-31-95-69(85)86)60(117)105-49(36-120)52(70)109/h20-23,40-49,120H,3-19,24-36H2,1-2H3,(H2,70,109)(H,87,107)(H,96,108)(H,97,110)(H,98,112)(H,99,111)(H,100,114)(H,101,113)(H,102,116)(H,103,115)(H,104,118)(H,105,117)(H4,71,72,88)(H4,73,74,89)(H4,75,76,90)(H4,77,78,91)(H4,79,80,92)(H4,81,82,93)(H4,83,84,94)(H4,85,86,95)/t40-,41-,42-,43-,44-,45-,46-,47-,48+,49-/m1/s1. The number of Topliss-reactive ketones (excluding diaryl/α,β-unsaturated/α-hetero) is 1. The number of thiol groups is 1. The second kappa shape index (κ2) is 59.6. The normalized spacial score (nSPS) is 13.2. The topological polar surface area (TPSA) is 885 Å². The summed E-state index contributed by atoms with van der Waals surface area (Å²) in [6.45, 7) is 2.21. The Morgan fingerprint density at radius 3 is 0.742 bits per heavy atom. The van der Waals surface area contributed by atoms with Crippen LogP contribution in [0.15, 0.2) is 24.3 Å². The molecular formula is C69H126N36O14S. The van der Waals surface area contributed by atoms with Crippen LogP contribution in [0.1, 0.15) is 139 Å². The van der Waals surface area contributed by atoms with E-state index in [0.717, 1.165) is 0 Å². The third-order valence-electron chi connectivity index (χ3n) is 17.4. The smallest absolute Gasteiger partial charge is 0.246 e. The molecule has 51 heteroatoms. The SMILES string of the molecule is CCC(=O)NCCOCC(=O)N[C@@H](Cc1ccc(C(C)=O)cc1)C(=O)N[C@H](CCCNC(=N)N)C(=O)N[C@H](CCCNC(=N)N)C(=O)N[C@H](CCCNC(=N)N)C(=O)N[C@H](CCCNC(=N)N)C(=O)N[C@H](CCCNC(=N)N)C(=O)N[C@H](CCCNC(=N)N)C(=O)N[C@H](CCCNC(=N)N)C(=O)N[C@H](CCCNC(=N)N)C(=O)N[C@H](CS)C(N)=O. The molecule has 0 heterocycles. The molecule has 0 unspecified atom stereocenters. The van der Waals surface area contributed by atoms with Crippen molar-refractivity contribution in [1.82, 2.24) is 101 Å². The van der Waals surface area contributed by atoms with E-state index in [0.29, 0.717) is 11.1 Å². The molecule has 0 bridgehead atoms. The highest BCUT2D eigenvalue weighted by molar-refractivity contribution is 7.80. The molecule has 10 atom stereocenters. The molecule has 0 saturated heterocycles. The molecule has 12 amide bonds. The zero-order chi connectivity index (χ0) is 90.2. The van der Waals surface area contributed by atoms with Crippen molar-refractivity contribution < 1.29 is 67.1 Å². The quantitative estimate of drug-likeness (QED) is 0.00947. The first-order valence-electron chi connectivity index (χ1n) is 38.8. The van der Waals surface area contributed by atoms with Gasteiger partial charge in [0.05, 0.1) is 6.61 Å². The first-order valence-corrected chi connectivity index (χ1v) is 39.4. The summed E-state index contributed by atoms with van der Waals surface area (Å²) in [5.74, 6) is -14.9. The van der Waals surface area contributed by atoms with Crippen molar-refractivity contribution in [2.45, 2.75) is 190 Å². The number of ether oxygens (including phenoxy) is 1. The third-order valence-corrected chi connectivity index (χ3v) is 17.7. The number of guanidine groups is 8. The molecule has 0 aliphatic heterocycles. The average molecular weight is 1720 g/mol. The van der Waals surface area contributed by atoms with Crippen molar-refractivity contribution in [3.05, 3.63) is 35.4 Å². The summed E-state index contributed by atoms with van der Waals surface area (Å²) in [6, 6.07) is -9.18. The summed E-state index contributed by atoms with van der Waals surface area (Å²) in [5.41, 5.74) is 50.7. The van der Waals surface area contributed by atoms with E-state index in [1.165, 1.54) is 19.1 Å². The number of carbonyl (C=O) groups excluding carboxylic acids is 13. The predicted molar refractivity (Wildman–Crippen MR) is 450 cm³/mol. The van der Waals surface area contributed by atoms with Crippen LogP contribution in [0.3, 0.4) is 0 Å². The van der Waals surface area contributed by atoms with Gasteiger partial charge in [0.25, 0.3) is 0 Å². The van der Waals surface area contributed by atoms with E-state index >= 15 is 14.4 Å². The van der Waals surface area contributed by atoms with Crippen molar-refractivity contribution >= 4 is 137 Å². The summed E-state index contributed by atoms with van der Waals surface area (Å²) in [6.07, 6.45) is -1.74. The Morgan fingerprint density at radius 1 is 0.317 bits per heavy atom. The molecule has 0 aliphatic carbocycles. The highest BCUT2D eigenvalue weighted by Crippen LogP contribution is 2.14. The van der Waals surface area contributed by atoms with Crippen molar-refractivity contribution in [2.24, 2.45) is 51.6 Å². The fourth-order valence-corrected chi connectivity index (χ4v) is 11.4. The summed E-state index contributed by atoms with van der Waals surface area (Å²) in [4.78, 5) is 182. The number of nitrogens with two attached hydrogens (primary N) is 9. The number of hydrogen-bond acceptors (Lipinski definition) is 23. The zero-order valence-corrected chi connectivity index (χ0v) is 68.5. The molecule has 45 N–H and O–H groups in total. The van der Waals surface area contributed by atoms with Crippen LogP contribution >= 0.6 is 12.6 Å². The summed E-state index contributed by atoms with van der Waals surface area (Å²) in [5, 5.41) is 111. The molecule has 672 valence electrons. The van der Waals surface area contributed by atoms with Gasteiger partial charge in [0.1, 0.15) is 67.0 Å². The second-order valence-corrected chi connectivity index (χ2v) is 27.7. The molecular weight excluding hydrogens is 1590 g/mol. The maximum absolute atomic E-state index is 15.1. The lowest BCUT2D eigenvalue weighted by Crippen LogP contribution is -2.61. The van der Waals surface area contributed by atoms with Crippen molar-refractivity contribution in [2.75, 3.05) is 77.9 Å². The number of nitrogens with one attached hydrogen (secondary N) is 27. The van der Waals surface area contributed by atoms with E-state index in [-0.39, 0.29) is 199 Å². The molecule has 0 aromatic heterocycles. The number of primary amides is 1. The Morgan fingerprint density at radius 2 is 0.542 bits per heavy atom. The number of carbonyl (C=O) groups is 13. The molecule has 1 aromatic carbocycles. The van der Waals surface area contributed by atoms with E-state index in [4.69, 9.17) is 99.6 Å². The van der Waals surface area contributed by atoms with Gasteiger partial charge in [0, 0.05) is 83.1 Å². The van der Waals surface area contributed by atoms with Gasteiger partial charge in [-0.25, -0.2) is 0 Å². The summed E-state index contributed by atoms with van der Waals surface area (Å²) >= 11 is 4.09. The molecule has 0 aliphatic rings. The van der Waals surface area contributed by atoms with E-state index < -0.39 is 180 Å². The fraction of sp³-hybridized carbons (Fsp3) is 0.609. The lowest BCUT2D eigenvalue weighted by Gasteiger charge is -2.29. The average Bonchev–Trinajstić information content (AvgIpc) is 0.854. The van der Waals surface area contributed by atoms with Gasteiger partial charge in [-0.05, 0) is 115 Å². The monoisotopic (exact) mass is 1710 g/mol. The molecule has 0 radical (unpaired) electrons. The molecule has 1 rings (SSSR count). The molecule has 120 heavy (non-hydrogen) atoms. The molecule has 0 saturated carbocycles. The van der Waals surface area contributed by atoms with Gasteiger partial charge < -0.3 is 157 Å². The van der Waals surface area contributed by atoms with Crippen molar-refractivity contribution in [3.8, 4) is 0 Å². The van der Waals surface area contributed by atoms with Crippen LogP contribution < -0.4 is 153 Å². The van der Waals surface area contributed by atoms with E-state index in [9.17, 15) is 47.9 Å². The Labute approximate surface area is 700 Å². The van der Waals surface area contributed by atoms with Crippen LogP contribution in [0.25, 0.3) is 0 Å². The maximum atomic E-state index is 15.1. The Balaban J connectivity index is 4.14. The number of ketones is 1. The van der Waals surface area contributed by atoms with Crippen LogP contribution in [0.5, 0.6) is 0 Å². The fourth-order valence-electron chi connectivity index (χ4n) is 11.2. The van der Waals surface area contributed by atoms with Gasteiger partial charge in [0.2, 0.25) is 70.9 Å². The Bertz CT molecular complexity index is 3620. The van der Waals surface area contributed by atoms with Crippen LogP contribution in [0.2, 0.25) is 0 Å². The number of benzene rings is 1. The maximum Gasteiger partial charge on any atom is 0.246 e. The van der Waals surface area contributed by atoms with Crippen LogP contribution in [-0.2, 0) is 68.7 Å². The van der Waals surface area contributed by atoms with Gasteiger partial charge in [-0.1, -0.05) is 31.2 Å². The minimum atomic E-state index is -1.65. The van der Waals surface area contributed by atoms with E-state index in [2.05, 4.69) is 114 Å². The van der Waals surface area contributed by atoms with Crippen molar-refractivity contribution in [1.29, 1.82) is 43.3 Å². The first-order chi connectivity index (χ1) is 56.8. The Kier molecular flexibility index (Phi) is 52.2. The van der Waals surface area contributed by atoms with Gasteiger partial charge in [-0.3, -0.25) is 106 Å². The molecule has 0 spiro atoms. The Hall–Kier alpha value is -13.0. The van der Waals surface area contributed by atoms with Gasteiger partial charge in [-0.2, -0.15) is 12.6 Å². The summed E-state index contributed by atoms with van der Waals surface area (Å²) in [7, 11) is 0. The second-order valence-electron chi connectivity index (χ2n) is 27.3. The van der Waals surface area contributed by atoms with Crippen molar-refractivity contribution in [3.63, 3.8) is 0 Å². The summed E-state index contributed by atoms with van der Waals surface area (Å²) < 4.78 is 5.45. The van der Waals surface area contributed by atoms with Crippen LogP contribution in [0.4, 0.5) is 0 Å². The molecule has 0 fully saturated rings. The van der Waals surface area contributed by atoms with Gasteiger partial charge >= 0.3 is 0 Å². The van der Waals surface area contributed by atoms with Gasteiger partial charge in [0.15, 0.2) is 53.5 Å². The number of amides is 12. The molecule has 1 aromatic rings. The predicted octanol–water partition coefficient (Wildman–Crippen LogP) is -10.7. The molecule has 50 nitrogen and oxygen atoms in total. The third kappa shape index (κ3) is 48.5. The lowest BCUT2D eigenvalue weighted by atomic mass is 10.0. The zero-order valence-electron chi connectivity index (χ0n) is 67.7. The van der Waals surface area contributed by atoms with E-state index in [1.807, 2.05) is 0 Å². The lowest BCUT2D eigenvalue weighted by molar-refractivity contribution is -0.136. The highest BCUT2D eigenvalue weighted by Gasteiger charge is 2.37. The first kappa shape index (κ1) is 105. The largest absolute Gasteiger partial charge is 0.370 e. The number of rotatable bonds is 62. The highest BCUT2D eigenvalue weighted by atomic mass is 32.1. The number of hydrogen-bond donors (Lipinski definition) is 37. The minimum Gasteiger partial charge on any atom is -0.370 e. The minimum absolute atomic E-state index is 0.00164. The van der Waals surface area contributed by atoms with Crippen LogP contribution in [-0.4, -0.2) is 263 Å². The van der Waals surface area contributed by atoms with E-state index in [1.54, 1.807) is 19.1 Å².